The molecule has 6 nitrogen and oxygen atoms in total. The number of fused-ring (bicyclic) bond motifs is 1. The monoisotopic (exact) mass is 386 g/mol. The molecule has 0 radical (unpaired) electrons. The molecule has 0 bridgehead atoms. The van der Waals surface area contributed by atoms with E-state index in [-0.39, 0.29) is 18.4 Å². The van der Waals surface area contributed by atoms with Crippen LogP contribution in [0.4, 0.5) is 5.69 Å². The fourth-order valence-corrected chi connectivity index (χ4v) is 3.84. The first kappa shape index (κ1) is 19.4. The third-order valence-electron chi connectivity index (χ3n) is 4.64. The molecular formula is C20H26N4O2S. The molecule has 0 saturated heterocycles. The van der Waals surface area contributed by atoms with Crippen LogP contribution in [0.1, 0.15) is 30.8 Å². The van der Waals surface area contributed by atoms with Gasteiger partial charge in [-0.25, -0.2) is 4.98 Å². The molecule has 2 amide bonds. The molecule has 1 aromatic heterocycles. The van der Waals surface area contributed by atoms with Gasteiger partial charge in [0.05, 0.1) is 17.2 Å². The van der Waals surface area contributed by atoms with Crippen LogP contribution in [0.3, 0.4) is 0 Å². The topological polar surface area (TPSA) is 74.3 Å². The normalized spacial score (nSPS) is 14.0. The first-order chi connectivity index (χ1) is 13.0. The number of benzene rings is 1. The largest absolute Gasteiger partial charge is 0.362 e. The van der Waals surface area contributed by atoms with Crippen molar-refractivity contribution in [1.82, 2.24) is 15.6 Å². The van der Waals surface area contributed by atoms with Crippen molar-refractivity contribution >= 4 is 28.8 Å². The number of nitrogens with zero attached hydrogens (tertiary/aromatic N) is 2. The van der Waals surface area contributed by atoms with Crippen LogP contribution in [0.2, 0.25) is 0 Å². The molecule has 1 atom stereocenters. The fourth-order valence-electron chi connectivity index (χ4n) is 3.22. The Labute approximate surface area is 164 Å². The van der Waals surface area contributed by atoms with E-state index in [0.717, 1.165) is 41.3 Å². The molecule has 0 unspecified atom stereocenters. The van der Waals surface area contributed by atoms with Gasteiger partial charge in [-0.15, -0.1) is 11.3 Å². The molecule has 1 aliphatic heterocycles. The van der Waals surface area contributed by atoms with E-state index in [9.17, 15) is 9.59 Å². The van der Waals surface area contributed by atoms with Gasteiger partial charge in [0.15, 0.2) is 0 Å². The molecule has 1 aliphatic rings. The number of hydrogen-bond acceptors (Lipinski definition) is 5. The molecule has 27 heavy (non-hydrogen) atoms. The zero-order chi connectivity index (χ0) is 19.4. The van der Waals surface area contributed by atoms with Gasteiger partial charge in [-0.05, 0) is 44.4 Å². The SMILES string of the molecule is CCCNC(=O)[C@@H](C)NC(=O)CN1CCc2cc(-c3csc(C)n3)ccc21. The highest BCUT2D eigenvalue weighted by atomic mass is 32.1. The van der Waals surface area contributed by atoms with Gasteiger partial charge in [0.25, 0.3) is 0 Å². The number of carbonyl (C=O) groups is 2. The summed E-state index contributed by atoms with van der Waals surface area (Å²) in [6.45, 7) is 7.40. The highest BCUT2D eigenvalue weighted by molar-refractivity contribution is 7.09. The Bertz CT molecular complexity index is 833. The Morgan fingerprint density at radius 2 is 2.19 bits per heavy atom. The molecule has 2 heterocycles. The van der Waals surface area contributed by atoms with Crippen molar-refractivity contribution in [2.24, 2.45) is 0 Å². The number of aryl methyl sites for hydroxylation is 1. The molecular weight excluding hydrogens is 360 g/mol. The summed E-state index contributed by atoms with van der Waals surface area (Å²) < 4.78 is 0. The summed E-state index contributed by atoms with van der Waals surface area (Å²) in [6, 6.07) is 5.77. The Morgan fingerprint density at radius 1 is 1.37 bits per heavy atom. The van der Waals surface area contributed by atoms with Crippen LogP contribution in [-0.2, 0) is 16.0 Å². The lowest BCUT2D eigenvalue weighted by molar-refractivity contribution is -0.127. The summed E-state index contributed by atoms with van der Waals surface area (Å²) in [5.41, 5.74) is 4.44. The molecule has 1 aromatic carbocycles. The zero-order valence-corrected chi connectivity index (χ0v) is 16.9. The molecule has 144 valence electrons. The number of anilines is 1. The molecule has 0 spiro atoms. The summed E-state index contributed by atoms with van der Waals surface area (Å²) in [6.07, 6.45) is 1.78. The van der Waals surface area contributed by atoms with Gasteiger partial charge in [0.2, 0.25) is 11.8 Å². The van der Waals surface area contributed by atoms with Crippen LogP contribution in [0.15, 0.2) is 23.6 Å². The first-order valence-corrected chi connectivity index (χ1v) is 10.2. The minimum absolute atomic E-state index is 0.138. The van der Waals surface area contributed by atoms with E-state index < -0.39 is 6.04 Å². The summed E-state index contributed by atoms with van der Waals surface area (Å²) in [7, 11) is 0. The van der Waals surface area contributed by atoms with Gasteiger partial charge in [-0.1, -0.05) is 13.0 Å². The van der Waals surface area contributed by atoms with Gasteiger partial charge in [-0.3, -0.25) is 9.59 Å². The van der Waals surface area contributed by atoms with Crippen molar-refractivity contribution in [2.45, 2.75) is 39.7 Å². The van der Waals surface area contributed by atoms with Crippen LogP contribution in [-0.4, -0.2) is 42.5 Å². The van der Waals surface area contributed by atoms with Crippen molar-refractivity contribution in [3.63, 3.8) is 0 Å². The molecule has 0 fully saturated rings. The number of hydrogen-bond donors (Lipinski definition) is 2. The van der Waals surface area contributed by atoms with E-state index in [4.69, 9.17) is 0 Å². The Balaban J connectivity index is 1.60. The van der Waals surface area contributed by atoms with Crippen LogP contribution in [0.25, 0.3) is 11.3 Å². The molecule has 2 aromatic rings. The zero-order valence-electron chi connectivity index (χ0n) is 16.0. The van der Waals surface area contributed by atoms with E-state index >= 15 is 0 Å². The third-order valence-corrected chi connectivity index (χ3v) is 5.41. The number of nitrogens with one attached hydrogen (secondary N) is 2. The Kier molecular flexibility index (Phi) is 6.11. The average Bonchev–Trinajstić information content (AvgIpc) is 3.25. The maximum Gasteiger partial charge on any atom is 0.242 e. The van der Waals surface area contributed by atoms with E-state index in [1.807, 2.05) is 13.8 Å². The van der Waals surface area contributed by atoms with Gasteiger partial charge in [0, 0.05) is 29.7 Å². The third kappa shape index (κ3) is 4.66. The number of thiazole rings is 1. The van der Waals surface area contributed by atoms with Crippen molar-refractivity contribution < 1.29 is 9.59 Å². The van der Waals surface area contributed by atoms with Crippen LogP contribution in [0.5, 0.6) is 0 Å². The standard InChI is InChI=1S/C20H26N4O2S/c1-4-8-21-20(26)13(2)22-19(25)11-24-9-7-16-10-15(5-6-18(16)24)17-12-27-14(3)23-17/h5-6,10,12-13H,4,7-9,11H2,1-3H3,(H,21,26)(H,22,25)/t13-/m1/s1. The van der Waals surface area contributed by atoms with E-state index in [0.29, 0.717) is 6.54 Å². The lowest BCUT2D eigenvalue weighted by Crippen LogP contribution is -2.48. The van der Waals surface area contributed by atoms with Crippen molar-refractivity contribution in [3.05, 3.63) is 34.2 Å². The molecule has 3 rings (SSSR count). The van der Waals surface area contributed by atoms with E-state index in [1.54, 1.807) is 18.3 Å². The molecule has 7 heteroatoms. The smallest absolute Gasteiger partial charge is 0.242 e. The van der Waals surface area contributed by atoms with E-state index in [2.05, 4.69) is 44.1 Å². The maximum atomic E-state index is 12.3. The summed E-state index contributed by atoms with van der Waals surface area (Å²) in [4.78, 5) is 30.9. The number of aromatic nitrogens is 1. The quantitative estimate of drug-likeness (QED) is 0.767. The van der Waals surface area contributed by atoms with Gasteiger partial charge < -0.3 is 15.5 Å². The van der Waals surface area contributed by atoms with Gasteiger partial charge >= 0.3 is 0 Å². The van der Waals surface area contributed by atoms with E-state index in [1.165, 1.54) is 5.56 Å². The summed E-state index contributed by atoms with van der Waals surface area (Å²) >= 11 is 1.65. The molecule has 2 N–H and O–H groups in total. The second-order valence-electron chi connectivity index (χ2n) is 6.85. The summed E-state index contributed by atoms with van der Waals surface area (Å²) in [5.74, 6) is -0.281. The lowest BCUT2D eigenvalue weighted by Gasteiger charge is -2.21. The van der Waals surface area contributed by atoms with Crippen molar-refractivity contribution in [2.75, 3.05) is 24.5 Å². The number of carbonyl (C=O) groups excluding carboxylic acids is 2. The minimum Gasteiger partial charge on any atom is -0.362 e. The number of amides is 2. The first-order valence-electron chi connectivity index (χ1n) is 9.35. The van der Waals surface area contributed by atoms with Crippen molar-refractivity contribution in [3.8, 4) is 11.3 Å². The van der Waals surface area contributed by atoms with Gasteiger partial charge in [0.1, 0.15) is 6.04 Å². The maximum absolute atomic E-state index is 12.3. The average molecular weight is 387 g/mol. The van der Waals surface area contributed by atoms with Gasteiger partial charge in [-0.2, -0.15) is 0 Å². The fraction of sp³-hybridized carbons (Fsp3) is 0.450. The van der Waals surface area contributed by atoms with Crippen LogP contribution < -0.4 is 15.5 Å². The second-order valence-corrected chi connectivity index (χ2v) is 7.91. The lowest BCUT2D eigenvalue weighted by atomic mass is 10.1. The van der Waals surface area contributed by atoms with Crippen molar-refractivity contribution in [1.29, 1.82) is 0 Å². The number of rotatable bonds is 7. The van der Waals surface area contributed by atoms with Crippen LogP contribution in [0, 0.1) is 6.92 Å². The van der Waals surface area contributed by atoms with Crippen LogP contribution >= 0.6 is 11.3 Å². The Morgan fingerprint density at radius 3 is 2.89 bits per heavy atom. The molecule has 0 aliphatic carbocycles. The summed E-state index contributed by atoms with van der Waals surface area (Å²) in [5, 5.41) is 8.71. The second kappa shape index (κ2) is 8.52. The highest BCUT2D eigenvalue weighted by Crippen LogP contribution is 2.32. The predicted molar refractivity (Wildman–Crippen MR) is 109 cm³/mol. The molecule has 0 saturated carbocycles. The highest BCUT2D eigenvalue weighted by Gasteiger charge is 2.23. The Hall–Kier alpha value is -2.41. The minimum atomic E-state index is -0.526. The predicted octanol–water partition coefficient (Wildman–Crippen LogP) is 2.51.